The zero-order chi connectivity index (χ0) is 14.7. The molecule has 7 nitrogen and oxygen atoms in total. The Morgan fingerprint density at radius 3 is 2.81 bits per heavy atom. The number of hydrogen-bond donors (Lipinski definition) is 0. The number of nitrogens with zero attached hydrogens (tertiary/aromatic N) is 5. The lowest BCUT2D eigenvalue weighted by atomic mass is 10.1. The molecule has 21 heavy (non-hydrogen) atoms. The van der Waals surface area contributed by atoms with Gasteiger partial charge in [-0.25, -0.2) is 0 Å². The van der Waals surface area contributed by atoms with Gasteiger partial charge in [-0.05, 0) is 17.7 Å². The highest BCUT2D eigenvalue weighted by Gasteiger charge is 2.18. The molecule has 1 aromatic heterocycles. The molecule has 3 rings (SSSR count). The van der Waals surface area contributed by atoms with Crippen LogP contribution in [0.3, 0.4) is 0 Å². The third-order valence-electron chi connectivity index (χ3n) is 3.48. The topological polar surface area (TPSA) is 73.1 Å². The minimum absolute atomic E-state index is 0.00738. The fraction of sp³-hybridized carbons (Fsp3) is 0.429. The third kappa shape index (κ3) is 3.08. The van der Waals surface area contributed by atoms with E-state index in [1.165, 1.54) is 4.80 Å². The van der Waals surface area contributed by atoms with E-state index in [-0.39, 0.29) is 12.5 Å². The van der Waals surface area contributed by atoms with E-state index in [1.807, 2.05) is 31.2 Å². The molecule has 2 heterocycles. The zero-order valence-electron chi connectivity index (χ0n) is 11.9. The Hall–Kier alpha value is -2.28. The highest BCUT2D eigenvalue weighted by atomic mass is 16.5. The minimum atomic E-state index is -0.00738. The fourth-order valence-electron chi connectivity index (χ4n) is 2.28. The monoisotopic (exact) mass is 287 g/mol. The average Bonchev–Trinajstić information content (AvgIpc) is 2.97. The van der Waals surface area contributed by atoms with Crippen LogP contribution in [-0.2, 0) is 16.1 Å². The zero-order valence-corrected chi connectivity index (χ0v) is 11.9. The van der Waals surface area contributed by atoms with E-state index >= 15 is 0 Å². The molecular formula is C14H17N5O2. The van der Waals surface area contributed by atoms with Crippen LogP contribution in [0.1, 0.15) is 5.56 Å². The molecule has 7 heteroatoms. The van der Waals surface area contributed by atoms with E-state index < -0.39 is 0 Å². The van der Waals surface area contributed by atoms with Gasteiger partial charge < -0.3 is 9.64 Å². The third-order valence-corrected chi connectivity index (χ3v) is 3.48. The Morgan fingerprint density at radius 2 is 2.05 bits per heavy atom. The van der Waals surface area contributed by atoms with Crippen molar-refractivity contribution in [1.82, 2.24) is 25.1 Å². The molecule has 1 saturated heterocycles. The van der Waals surface area contributed by atoms with Gasteiger partial charge in [0.15, 0.2) is 0 Å². The average molecular weight is 287 g/mol. The summed E-state index contributed by atoms with van der Waals surface area (Å²) >= 11 is 0. The van der Waals surface area contributed by atoms with E-state index in [0.29, 0.717) is 32.1 Å². The molecule has 1 amide bonds. The van der Waals surface area contributed by atoms with Gasteiger partial charge in [-0.2, -0.15) is 4.80 Å². The van der Waals surface area contributed by atoms with Crippen LogP contribution in [0.25, 0.3) is 11.4 Å². The number of aromatic nitrogens is 4. The lowest BCUT2D eigenvalue weighted by Gasteiger charge is -2.26. The molecule has 1 aliphatic heterocycles. The maximum absolute atomic E-state index is 12.1. The van der Waals surface area contributed by atoms with E-state index in [2.05, 4.69) is 15.4 Å². The summed E-state index contributed by atoms with van der Waals surface area (Å²) in [6.45, 7) is 4.53. The van der Waals surface area contributed by atoms with Crippen LogP contribution in [0.2, 0.25) is 0 Å². The fourth-order valence-corrected chi connectivity index (χ4v) is 2.28. The molecule has 0 atom stereocenters. The predicted molar refractivity (Wildman–Crippen MR) is 75.4 cm³/mol. The SMILES string of the molecule is Cc1ccccc1-c1nnn(CC(=O)N2CCOCC2)n1. The molecule has 1 aliphatic rings. The second-order valence-corrected chi connectivity index (χ2v) is 4.95. The number of carbonyl (C=O) groups is 1. The number of tetrazole rings is 1. The number of amides is 1. The van der Waals surface area contributed by atoms with Crippen LogP contribution >= 0.6 is 0 Å². The minimum Gasteiger partial charge on any atom is -0.378 e. The second-order valence-electron chi connectivity index (χ2n) is 4.95. The van der Waals surface area contributed by atoms with Gasteiger partial charge in [0.05, 0.1) is 13.2 Å². The lowest BCUT2D eigenvalue weighted by Crippen LogP contribution is -2.42. The van der Waals surface area contributed by atoms with Crippen LogP contribution in [0, 0.1) is 6.92 Å². The number of hydrogen-bond acceptors (Lipinski definition) is 5. The van der Waals surface area contributed by atoms with Crippen LogP contribution in [0.4, 0.5) is 0 Å². The molecule has 2 aromatic rings. The molecule has 0 saturated carbocycles. The molecule has 0 bridgehead atoms. The van der Waals surface area contributed by atoms with Gasteiger partial charge in [-0.1, -0.05) is 24.3 Å². The quantitative estimate of drug-likeness (QED) is 0.822. The Balaban J connectivity index is 1.70. The standard InChI is InChI=1S/C14H17N5O2/c1-11-4-2-3-5-12(11)14-15-17-19(16-14)10-13(20)18-6-8-21-9-7-18/h2-5H,6-10H2,1H3. The van der Waals surface area contributed by atoms with Crippen molar-refractivity contribution >= 4 is 5.91 Å². The largest absolute Gasteiger partial charge is 0.378 e. The van der Waals surface area contributed by atoms with Crippen molar-refractivity contribution in [2.24, 2.45) is 0 Å². The first-order chi connectivity index (χ1) is 10.2. The van der Waals surface area contributed by atoms with Crippen molar-refractivity contribution in [3.8, 4) is 11.4 Å². The van der Waals surface area contributed by atoms with Gasteiger partial charge in [-0.15, -0.1) is 10.2 Å². The first-order valence-corrected chi connectivity index (χ1v) is 6.93. The highest BCUT2D eigenvalue weighted by Crippen LogP contribution is 2.17. The molecular weight excluding hydrogens is 270 g/mol. The lowest BCUT2D eigenvalue weighted by molar-refractivity contribution is -0.136. The van der Waals surface area contributed by atoms with Crippen molar-refractivity contribution in [1.29, 1.82) is 0 Å². The second kappa shape index (κ2) is 6.01. The Labute approximate surface area is 122 Å². The number of carbonyl (C=O) groups excluding carboxylic acids is 1. The summed E-state index contributed by atoms with van der Waals surface area (Å²) < 4.78 is 5.23. The molecule has 0 radical (unpaired) electrons. The Kier molecular flexibility index (Phi) is 3.92. The van der Waals surface area contributed by atoms with Crippen LogP contribution in [-0.4, -0.2) is 57.3 Å². The Morgan fingerprint density at radius 1 is 1.29 bits per heavy atom. The number of benzene rings is 1. The van der Waals surface area contributed by atoms with E-state index in [9.17, 15) is 4.79 Å². The first-order valence-electron chi connectivity index (χ1n) is 6.93. The van der Waals surface area contributed by atoms with Crippen LogP contribution in [0.15, 0.2) is 24.3 Å². The summed E-state index contributed by atoms with van der Waals surface area (Å²) in [4.78, 5) is 15.2. The number of aryl methyl sites for hydroxylation is 1. The van der Waals surface area contributed by atoms with Crippen LogP contribution < -0.4 is 0 Å². The summed E-state index contributed by atoms with van der Waals surface area (Å²) in [5.74, 6) is 0.537. The Bertz CT molecular complexity index is 634. The van der Waals surface area contributed by atoms with Gasteiger partial charge >= 0.3 is 0 Å². The predicted octanol–water partition coefficient (Wildman–Crippen LogP) is 0.507. The van der Waals surface area contributed by atoms with Crippen molar-refractivity contribution in [3.05, 3.63) is 29.8 Å². The smallest absolute Gasteiger partial charge is 0.246 e. The van der Waals surface area contributed by atoms with Crippen molar-refractivity contribution in [2.45, 2.75) is 13.5 Å². The van der Waals surface area contributed by atoms with Crippen molar-refractivity contribution in [3.63, 3.8) is 0 Å². The molecule has 110 valence electrons. The number of rotatable bonds is 3. The van der Waals surface area contributed by atoms with Gasteiger partial charge in [0.1, 0.15) is 6.54 Å². The summed E-state index contributed by atoms with van der Waals surface area (Å²) in [6.07, 6.45) is 0. The van der Waals surface area contributed by atoms with Gasteiger partial charge in [0.25, 0.3) is 0 Å². The summed E-state index contributed by atoms with van der Waals surface area (Å²) in [6, 6.07) is 7.84. The molecule has 0 unspecified atom stereocenters. The maximum Gasteiger partial charge on any atom is 0.246 e. The van der Waals surface area contributed by atoms with Gasteiger partial charge in [-0.3, -0.25) is 4.79 Å². The maximum atomic E-state index is 12.1. The van der Waals surface area contributed by atoms with E-state index in [0.717, 1.165) is 11.1 Å². The first kappa shape index (κ1) is 13.7. The normalized spacial score (nSPS) is 15.2. The van der Waals surface area contributed by atoms with Gasteiger partial charge in [0.2, 0.25) is 11.7 Å². The summed E-state index contributed by atoms with van der Waals surface area (Å²) in [5, 5.41) is 12.3. The number of ether oxygens (including phenoxy) is 1. The highest BCUT2D eigenvalue weighted by molar-refractivity contribution is 5.75. The summed E-state index contributed by atoms with van der Waals surface area (Å²) in [5.41, 5.74) is 2.01. The van der Waals surface area contributed by atoms with Gasteiger partial charge in [0, 0.05) is 18.7 Å². The van der Waals surface area contributed by atoms with E-state index in [4.69, 9.17) is 4.74 Å². The number of morpholine rings is 1. The molecule has 0 spiro atoms. The summed E-state index contributed by atoms with van der Waals surface area (Å²) in [7, 11) is 0. The molecule has 0 aliphatic carbocycles. The van der Waals surface area contributed by atoms with E-state index in [1.54, 1.807) is 4.90 Å². The van der Waals surface area contributed by atoms with Crippen molar-refractivity contribution in [2.75, 3.05) is 26.3 Å². The molecule has 0 N–H and O–H groups in total. The molecule has 1 fully saturated rings. The van der Waals surface area contributed by atoms with Crippen molar-refractivity contribution < 1.29 is 9.53 Å². The molecule has 1 aromatic carbocycles. The van der Waals surface area contributed by atoms with Crippen LogP contribution in [0.5, 0.6) is 0 Å².